The molecule has 0 radical (unpaired) electrons. The summed E-state index contributed by atoms with van der Waals surface area (Å²) in [5.74, 6) is 8.89. The van der Waals surface area contributed by atoms with Crippen molar-refractivity contribution in [3.63, 3.8) is 0 Å². The zero-order valence-electron chi connectivity index (χ0n) is 11.5. The second-order valence-electron chi connectivity index (χ2n) is 6.00. The van der Waals surface area contributed by atoms with Gasteiger partial charge in [-0.15, -0.1) is 0 Å². The Morgan fingerprint density at radius 3 is 2.44 bits per heavy atom. The number of nitrogens with two attached hydrogens (primary N) is 1. The van der Waals surface area contributed by atoms with Crippen LogP contribution in [-0.4, -0.2) is 6.04 Å². The van der Waals surface area contributed by atoms with E-state index in [1.165, 1.54) is 32.1 Å². The lowest BCUT2D eigenvalue weighted by molar-refractivity contribution is 0.153. The van der Waals surface area contributed by atoms with Crippen molar-refractivity contribution in [2.75, 3.05) is 0 Å². The quantitative estimate of drug-likeness (QED) is 0.557. The molecule has 0 amide bonds. The molecule has 0 saturated heterocycles. The van der Waals surface area contributed by atoms with Gasteiger partial charge in [0.15, 0.2) is 0 Å². The van der Waals surface area contributed by atoms with Crippen LogP contribution < -0.4 is 11.3 Å². The van der Waals surface area contributed by atoms with E-state index in [2.05, 4.69) is 33.1 Å². The van der Waals surface area contributed by atoms with Crippen molar-refractivity contribution >= 4 is 0 Å². The summed E-state index contributed by atoms with van der Waals surface area (Å²) in [6, 6.07) is 0.509. The van der Waals surface area contributed by atoms with Crippen molar-refractivity contribution in [2.24, 2.45) is 29.5 Å². The van der Waals surface area contributed by atoms with Gasteiger partial charge in [-0.3, -0.25) is 11.3 Å². The predicted octanol–water partition coefficient (Wildman–Crippen LogP) is 3.33. The van der Waals surface area contributed by atoms with Gasteiger partial charge in [-0.25, -0.2) is 0 Å². The van der Waals surface area contributed by atoms with Gasteiger partial charge in [0.1, 0.15) is 0 Å². The van der Waals surface area contributed by atoms with Gasteiger partial charge in [-0.1, -0.05) is 47.0 Å². The number of hydrazine groups is 1. The molecule has 0 aromatic heterocycles. The molecule has 16 heavy (non-hydrogen) atoms. The van der Waals surface area contributed by atoms with Gasteiger partial charge in [-0.05, 0) is 36.5 Å². The molecule has 1 rings (SSSR count). The maximum atomic E-state index is 5.78. The Morgan fingerprint density at radius 1 is 1.25 bits per heavy atom. The summed E-state index contributed by atoms with van der Waals surface area (Å²) in [5.41, 5.74) is 3.10. The van der Waals surface area contributed by atoms with E-state index in [0.29, 0.717) is 17.9 Å². The van der Waals surface area contributed by atoms with Crippen molar-refractivity contribution in [1.29, 1.82) is 0 Å². The van der Waals surface area contributed by atoms with E-state index >= 15 is 0 Å². The largest absolute Gasteiger partial charge is 0.271 e. The highest BCUT2D eigenvalue weighted by Crippen LogP contribution is 2.35. The molecular weight excluding hydrogens is 196 g/mol. The lowest BCUT2D eigenvalue weighted by atomic mass is 9.72. The minimum Gasteiger partial charge on any atom is -0.271 e. The number of rotatable bonds is 5. The molecule has 4 unspecified atom stereocenters. The first-order valence-corrected chi connectivity index (χ1v) is 7.06. The van der Waals surface area contributed by atoms with E-state index in [9.17, 15) is 0 Å². The highest BCUT2D eigenvalue weighted by Gasteiger charge is 2.31. The molecule has 0 spiro atoms. The molecular formula is C14H30N2. The molecule has 1 saturated carbocycles. The fourth-order valence-electron chi connectivity index (χ4n) is 3.16. The van der Waals surface area contributed by atoms with Gasteiger partial charge >= 0.3 is 0 Å². The van der Waals surface area contributed by atoms with E-state index in [1.54, 1.807) is 0 Å². The van der Waals surface area contributed by atoms with Gasteiger partial charge < -0.3 is 0 Å². The van der Waals surface area contributed by atoms with Gasteiger partial charge in [-0.2, -0.15) is 0 Å². The fraction of sp³-hybridized carbons (Fsp3) is 1.00. The molecule has 2 heteroatoms. The maximum Gasteiger partial charge on any atom is 0.0266 e. The van der Waals surface area contributed by atoms with E-state index < -0.39 is 0 Å². The van der Waals surface area contributed by atoms with Crippen LogP contribution in [0.1, 0.15) is 59.8 Å². The average Bonchev–Trinajstić information content (AvgIpc) is 2.30. The van der Waals surface area contributed by atoms with Crippen LogP contribution in [0.4, 0.5) is 0 Å². The molecule has 0 aromatic carbocycles. The van der Waals surface area contributed by atoms with Crippen LogP contribution >= 0.6 is 0 Å². The van der Waals surface area contributed by atoms with Crippen LogP contribution in [0.5, 0.6) is 0 Å². The predicted molar refractivity (Wildman–Crippen MR) is 70.9 cm³/mol. The van der Waals surface area contributed by atoms with E-state index in [0.717, 1.165) is 11.8 Å². The van der Waals surface area contributed by atoms with Crippen LogP contribution in [0.25, 0.3) is 0 Å². The van der Waals surface area contributed by atoms with Crippen molar-refractivity contribution in [3.8, 4) is 0 Å². The van der Waals surface area contributed by atoms with E-state index in [4.69, 9.17) is 5.84 Å². The summed E-state index contributed by atoms with van der Waals surface area (Å²) < 4.78 is 0. The molecule has 4 atom stereocenters. The molecule has 3 N–H and O–H groups in total. The normalized spacial score (nSPS) is 30.4. The first kappa shape index (κ1) is 14.0. The molecule has 1 aliphatic rings. The van der Waals surface area contributed by atoms with Crippen molar-refractivity contribution < 1.29 is 0 Å². The molecule has 0 aromatic rings. The molecule has 96 valence electrons. The third-order valence-electron chi connectivity index (χ3n) is 4.72. The first-order valence-electron chi connectivity index (χ1n) is 7.06. The molecule has 0 heterocycles. The van der Waals surface area contributed by atoms with Gasteiger partial charge in [0, 0.05) is 6.04 Å². The fourth-order valence-corrected chi connectivity index (χ4v) is 3.16. The summed E-state index contributed by atoms with van der Waals surface area (Å²) in [5, 5.41) is 0. The second kappa shape index (κ2) is 6.61. The molecule has 0 bridgehead atoms. The summed E-state index contributed by atoms with van der Waals surface area (Å²) >= 11 is 0. The third kappa shape index (κ3) is 3.46. The highest BCUT2D eigenvalue weighted by molar-refractivity contribution is 4.85. The van der Waals surface area contributed by atoms with Crippen molar-refractivity contribution in [3.05, 3.63) is 0 Å². The Morgan fingerprint density at radius 2 is 1.94 bits per heavy atom. The standard InChI is InChI=1S/C14H30N2/c1-5-12-7-6-8-13(9-12)14(16-15)11(4)10(2)3/h10-14,16H,5-9,15H2,1-4H3. The Balaban J connectivity index is 2.58. The highest BCUT2D eigenvalue weighted by atomic mass is 15.2. The lowest BCUT2D eigenvalue weighted by Crippen LogP contribution is -2.48. The second-order valence-corrected chi connectivity index (χ2v) is 6.00. The molecule has 0 aliphatic heterocycles. The van der Waals surface area contributed by atoms with Crippen LogP contribution in [-0.2, 0) is 0 Å². The zero-order chi connectivity index (χ0) is 12.1. The van der Waals surface area contributed by atoms with Gasteiger partial charge in [0.05, 0.1) is 0 Å². The Bertz CT molecular complexity index is 191. The Kier molecular flexibility index (Phi) is 5.77. The number of nitrogens with one attached hydrogen (secondary N) is 1. The number of hydrogen-bond acceptors (Lipinski definition) is 2. The van der Waals surface area contributed by atoms with Crippen LogP contribution in [0, 0.1) is 23.7 Å². The monoisotopic (exact) mass is 226 g/mol. The minimum atomic E-state index is 0.509. The molecule has 1 aliphatic carbocycles. The van der Waals surface area contributed by atoms with E-state index in [1.807, 2.05) is 0 Å². The smallest absolute Gasteiger partial charge is 0.0266 e. The van der Waals surface area contributed by atoms with Crippen molar-refractivity contribution in [1.82, 2.24) is 5.43 Å². The molecule has 2 nitrogen and oxygen atoms in total. The van der Waals surface area contributed by atoms with Crippen LogP contribution in [0.2, 0.25) is 0 Å². The topological polar surface area (TPSA) is 38.0 Å². The molecule has 1 fully saturated rings. The third-order valence-corrected chi connectivity index (χ3v) is 4.72. The first-order chi connectivity index (χ1) is 7.60. The van der Waals surface area contributed by atoms with Crippen LogP contribution in [0.3, 0.4) is 0 Å². The Hall–Kier alpha value is -0.0800. The van der Waals surface area contributed by atoms with E-state index in [-0.39, 0.29) is 0 Å². The van der Waals surface area contributed by atoms with Gasteiger partial charge in [0.25, 0.3) is 0 Å². The minimum absolute atomic E-state index is 0.509. The zero-order valence-corrected chi connectivity index (χ0v) is 11.5. The summed E-state index contributed by atoms with van der Waals surface area (Å²) in [7, 11) is 0. The van der Waals surface area contributed by atoms with Gasteiger partial charge in [0.2, 0.25) is 0 Å². The Labute approximate surface area is 101 Å². The van der Waals surface area contributed by atoms with Crippen LogP contribution in [0.15, 0.2) is 0 Å². The summed E-state index contributed by atoms with van der Waals surface area (Å²) in [6.07, 6.45) is 6.90. The lowest BCUT2D eigenvalue weighted by Gasteiger charge is -2.38. The SMILES string of the molecule is CCC1CCCC(C(NN)C(C)C(C)C)C1. The summed E-state index contributed by atoms with van der Waals surface area (Å²) in [6.45, 7) is 9.26. The number of hydrogen-bond donors (Lipinski definition) is 2. The van der Waals surface area contributed by atoms with Crippen molar-refractivity contribution in [2.45, 2.75) is 65.8 Å². The summed E-state index contributed by atoms with van der Waals surface area (Å²) in [4.78, 5) is 0. The maximum absolute atomic E-state index is 5.78. The average molecular weight is 226 g/mol.